The van der Waals surface area contributed by atoms with Gasteiger partial charge in [-0.05, 0) is 24.4 Å². The molecule has 1 saturated heterocycles. The minimum atomic E-state index is -1.34. The number of aliphatic hydroxyl groups excluding tert-OH is 3. The molecule has 2 aromatic heterocycles. The van der Waals surface area contributed by atoms with E-state index in [-0.39, 0.29) is 28.2 Å². The summed E-state index contributed by atoms with van der Waals surface area (Å²) in [6, 6.07) is 0.0713. The number of halogens is 1. The quantitative estimate of drug-likeness (QED) is 0.512. The Kier molecular flexibility index (Phi) is 5.34. The van der Waals surface area contributed by atoms with Crippen LogP contribution >= 0.6 is 11.6 Å². The molecule has 0 unspecified atom stereocenters. The highest BCUT2D eigenvalue weighted by atomic mass is 35.5. The molecule has 11 nitrogen and oxygen atoms in total. The van der Waals surface area contributed by atoms with Crippen LogP contribution in [0.2, 0.25) is 5.28 Å². The summed E-state index contributed by atoms with van der Waals surface area (Å²) in [5.74, 6) is -0.0801. The smallest absolute Gasteiger partial charge is 0.394 e. The van der Waals surface area contributed by atoms with Crippen LogP contribution in [0.5, 0.6) is 5.88 Å². The van der Waals surface area contributed by atoms with Gasteiger partial charge >= 0.3 is 6.09 Å². The first-order valence-corrected chi connectivity index (χ1v) is 9.37. The molecule has 0 radical (unpaired) electrons. The van der Waals surface area contributed by atoms with Crippen molar-refractivity contribution in [2.24, 2.45) is 0 Å². The summed E-state index contributed by atoms with van der Waals surface area (Å²) < 4.78 is 12.0. The fourth-order valence-electron chi connectivity index (χ4n) is 3.57. The second-order valence-electron chi connectivity index (χ2n) is 6.87. The zero-order chi connectivity index (χ0) is 19.8. The summed E-state index contributed by atoms with van der Waals surface area (Å²) in [6.07, 6.45) is -0.0840. The number of ether oxygens (including phenoxy) is 2. The maximum atomic E-state index is 12.2. The minimum Gasteiger partial charge on any atom is -0.394 e. The van der Waals surface area contributed by atoms with Crippen LogP contribution in [0, 0.1) is 0 Å². The highest BCUT2D eigenvalue weighted by Crippen LogP contribution is 2.33. The number of rotatable bonds is 4. The number of hydrogen-bond donors (Lipinski definition) is 4. The average molecular weight is 414 g/mol. The lowest BCUT2D eigenvalue weighted by Crippen LogP contribution is -2.35. The summed E-state index contributed by atoms with van der Waals surface area (Å²) in [5.41, 5.74) is 0.151. The van der Waals surface area contributed by atoms with Gasteiger partial charge in [-0.25, -0.2) is 9.48 Å². The number of nitrogens with zero attached hydrogens (tertiary/aromatic N) is 4. The first kappa shape index (κ1) is 19.3. The number of nitrogens with one attached hydrogen (secondary N) is 1. The molecule has 152 valence electrons. The first-order valence-electron chi connectivity index (χ1n) is 8.99. The van der Waals surface area contributed by atoms with E-state index in [1.165, 1.54) is 10.9 Å². The fourth-order valence-corrected chi connectivity index (χ4v) is 3.73. The molecule has 4 N–H and O–H groups in total. The largest absolute Gasteiger partial charge is 0.414 e. The van der Waals surface area contributed by atoms with E-state index in [0.717, 1.165) is 25.7 Å². The molecule has 0 aromatic carbocycles. The number of aliphatic hydroxyl groups is 3. The van der Waals surface area contributed by atoms with Crippen molar-refractivity contribution in [3.05, 3.63) is 11.5 Å². The topological polar surface area (TPSA) is 152 Å². The van der Waals surface area contributed by atoms with Crippen molar-refractivity contribution in [1.82, 2.24) is 25.1 Å². The maximum Gasteiger partial charge on any atom is 0.414 e. The van der Waals surface area contributed by atoms with Crippen molar-refractivity contribution in [3.8, 4) is 5.88 Å². The Bertz CT molecular complexity index is 873. The second kappa shape index (κ2) is 7.76. The molecule has 3 heterocycles. The van der Waals surface area contributed by atoms with E-state index in [9.17, 15) is 20.1 Å². The van der Waals surface area contributed by atoms with Gasteiger partial charge in [-0.3, -0.25) is 0 Å². The van der Waals surface area contributed by atoms with Gasteiger partial charge in [0.05, 0.1) is 12.8 Å². The van der Waals surface area contributed by atoms with Crippen molar-refractivity contribution in [2.75, 3.05) is 6.61 Å². The van der Waals surface area contributed by atoms with E-state index in [2.05, 4.69) is 20.4 Å². The van der Waals surface area contributed by atoms with Gasteiger partial charge in [0.1, 0.15) is 23.7 Å². The molecule has 0 bridgehead atoms. The van der Waals surface area contributed by atoms with Gasteiger partial charge < -0.3 is 30.1 Å². The molecule has 0 spiro atoms. The van der Waals surface area contributed by atoms with Crippen molar-refractivity contribution in [1.29, 1.82) is 0 Å². The van der Waals surface area contributed by atoms with Crippen molar-refractivity contribution < 1.29 is 29.6 Å². The predicted octanol–water partition coefficient (Wildman–Crippen LogP) is 0.122. The summed E-state index contributed by atoms with van der Waals surface area (Å²) in [4.78, 5) is 20.2. The fraction of sp³-hybridized carbons (Fsp3) is 0.625. The number of aromatic nitrogens is 4. The van der Waals surface area contributed by atoms with Crippen molar-refractivity contribution in [3.63, 3.8) is 0 Å². The lowest BCUT2D eigenvalue weighted by molar-refractivity contribution is -0.0566. The lowest BCUT2D eigenvalue weighted by Gasteiger charge is -2.16. The van der Waals surface area contributed by atoms with Crippen LogP contribution in [0.15, 0.2) is 6.20 Å². The van der Waals surface area contributed by atoms with Crippen molar-refractivity contribution in [2.45, 2.75) is 56.3 Å². The second-order valence-corrected chi connectivity index (χ2v) is 7.21. The predicted molar refractivity (Wildman–Crippen MR) is 94.8 cm³/mol. The molecule has 4 atom stereocenters. The average Bonchev–Trinajstić information content (AvgIpc) is 3.36. The molecule has 1 aliphatic carbocycles. The zero-order valence-corrected chi connectivity index (χ0v) is 15.5. The standard InChI is InChI=1S/C16H20ClN5O6/c17-15-20-12-8(13(21-15)28-16(26)19-7-3-1-2-4-7)5-18-22(12)14-11(25)10(24)9(6-23)27-14/h5,7,9-11,14,23-25H,1-4,6H2,(H,19,26)/t9-,10-,11-,14-/m1/s1. The number of fused-ring (bicyclic) bond motifs is 1. The van der Waals surface area contributed by atoms with Crippen LogP contribution < -0.4 is 10.1 Å². The van der Waals surface area contributed by atoms with Crippen molar-refractivity contribution >= 4 is 28.7 Å². The molecular formula is C16H20ClN5O6. The summed E-state index contributed by atoms with van der Waals surface area (Å²) in [5, 5.41) is 36.4. The molecule has 2 aliphatic rings. The van der Waals surface area contributed by atoms with E-state index in [4.69, 9.17) is 21.1 Å². The molecule has 12 heteroatoms. The van der Waals surface area contributed by atoms with Gasteiger partial charge in [0.2, 0.25) is 11.2 Å². The zero-order valence-electron chi connectivity index (χ0n) is 14.7. The molecule has 2 aromatic rings. The van der Waals surface area contributed by atoms with E-state index in [1.807, 2.05) is 0 Å². The number of carbonyl (C=O) groups is 1. The van der Waals surface area contributed by atoms with Gasteiger partial charge in [0.15, 0.2) is 11.9 Å². The molecule has 2 fully saturated rings. The summed E-state index contributed by atoms with van der Waals surface area (Å²) >= 11 is 5.97. The third kappa shape index (κ3) is 3.51. The Morgan fingerprint density at radius 1 is 1.32 bits per heavy atom. The van der Waals surface area contributed by atoms with Gasteiger partial charge in [0, 0.05) is 6.04 Å². The van der Waals surface area contributed by atoms with Crippen LogP contribution in [0.3, 0.4) is 0 Å². The highest BCUT2D eigenvalue weighted by Gasteiger charge is 2.44. The Morgan fingerprint density at radius 2 is 2.07 bits per heavy atom. The Labute approximate surface area is 164 Å². The highest BCUT2D eigenvalue weighted by molar-refractivity contribution is 6.28. The van der Waals surface area contributed by atoms with Crippen LogP contribution in [0.4, 0.5) is 4.79 Å². The van der Waals surface area contributed by atoms with Crippen LogP contribution in [0.25, 0.3) is 11.0 Å². The lowest BCUT2D eigenvalue weighted by atomic mass is 10.1. The van der Waals surface area contributed by atoms with Gasteiger partial charge in [0.25, 0.3) is 0 Å². The van der Waals surface area contributed by atoms with E-state index in [0.29, 0.717) is 0 Å². The Morgan fingerprint density at radius 3 is 2.75 bits per heavy atom. The molecule has 1 saturated carbocycles. The third-order valence-corrected chi connectivity index (χ3v) is 5.19. The normalized spacial score (nSPS) is 28.1. The van der Waals surface area contributed by atoms with Gasteiger partial charge in [-0.2, -0.15) is 15.1 Å². The van der Waals surface area contributed by atoms with Crippen LogP contribution in [-0.2, 0) is 4.74 Å². The van der Waals surface area contributed by atoms with E-state index >= 15 is 0 Å². The maximum absolute atomic E-state index is 12.2. The monoisotopic (exact) mass is 413 g/mol. The molecule has 1 aliphatic heterocycles. The summed E-state index contributed by atoms with van der Waals surface area (Å²) in [7, 11) is 0. The van der Waals surface area contributed by atoms with E-state index < -0.39 is 37.2 Å². The summed E-state index contributed by atoms with van der Waals surface area (Å²) in [6.45, 7) is -0.473. The number of amides is 1. The van der Waals surface area contributed by atoms with Gasteiger partial charge in [-0.1, -0.05) is 12.8 Å². The Hall–Kier alpha value is -2.05. The number of carbonyl (C=O) groups excluding carboxylic acids is 1. The van der Waals surface area contributed by atoms with Crippen LogP contribution in [-0.4, -0.2) is 72.1 Å². The molecule has 1 amide bonds. The van der Waals surface area contributed by atoms with Gasteiger partial charge in [-0.15, -0.1) is 0 Å². The molecule has 4 rings (SSSR count). The third-order valence-electron chi connectivity index (χ3n) is 5.02. The number of hydrogen-bond acceptors (Lipinski definition) is 9. The first-order chi connectivity index (χ1) is 13.5. The molecular weight excluding hydrogens is 394 g/mol. The van der Waals surface area contributed by atoms with E-state index in [1.54, 1.807) is 0 Å². The Balaban J connectivity index is 1.60. The van der Waals surface area contributed by atoms with Crippen LogP contribution in [0.1, 0.15) is 31.9 Å². The molecule has 28 heavy (non-hydrogen) atoms. The minimum absolute atomic E-state index is 0.0713. The SMILES string of the molecule is O=C(NC1CCCC1)Oc1nc(Cl)nc2c1cnn2[C@@H]1O[C@H](CO)[C@@H](O)[C@H]1O.